The third-order valence-corrected chi connectivity index (χ3v) is 5.28. The molecular formula is C24H27N3O5. The summed E-state index contributed by atoms with van der Waals surface area (Å²) in [4.78, 5) is 27.9. The minimum absolute atomic E-state index is 0.207. The minimum atomic E-state index is -1.12. The van der Waals surface area contributed by atoms with Gasteiger partial charge in [-0.25, -0.2) is 4.79 Å². The molecule has 1 aliphatic heterocycles. The molecule has 168 valence electrons. The summed E-state index contributed by atoms with van der Waals surface area (Å²) in [7, 11) is 0. The van der Waals surface area contributed by atoms with Gasteiger partial charge in [-0.1, -0.05) is 11.8 Å². The lowest BCUT2D eigenvalue weighted by molar-refractivity contribution is -0.125. The summed E-state index contributed by atoms with van der Waals surface area (Å²) >= 11 is 0. The predicted molar refractivity (Wildman–Crippen MR) is 120 cm³/mol. The number of hydrogen-bond acceptors (Lipinski definition) is 6. The third-order valence-electron chi connectivity index (χ3n) is 5.28. The molecule has 2 aromatic rings. The number of nitrogens with zero attached hydrogens (tertiary/aromatic N) is 2. The van der Waals surface area contributed by atoms with Crippen LogP contribution < -0.4 is 10.2 Å². The van der Waals surface area contributed by atoms with Gasteiger partial charge < -0.3 is 30.4 Å². The number of nitrogens with one attached hydrogen (secondary N) is 1. The first kappa shape index (κ1) is 23.1. The third kappa shape index (κ3) is 6.00. The first-order chi connectivity index (χ1) is 15.4. The van der Waals surface area contributed by atoms with E-state index in [0.717, 1.165) is 16.8 Å². The maximum atomic E-state index is 12.5. The Morgan fingerprint density at radius 3 is 2.00 bits per heavy atom. The molecule has 32 heavy (non-hydrogen) atoms. The fourth-order valence-electron chi connectivity index (χ4n) is 3.41. The molecular weight excluding hydrogens is 410 g/mol. The number of Topliss-reactive ketones (excluding diaryl/α,β-unsaturated/α-hetero) is 1. The highest BCUT2D eigenvalue weighted by Crippen LogP contribution is 2.17. The number of anilines is 1. The summed E-state index contributed by atoms with van der Waals surface area (Å²) in [6.45, 7) is 2.84. The zero-order valence-electron chi connectivity index (χ0n) is 17.9. The van der Waals surface area contributed by atoms with Gasteiger partial charge in [0.25, 0.3) is 0 Å². The summed E-state index contributed by atoms with van der Waals surface area (Å²) in [6.07, 6.45) is -1.09. The smallest absolute Gasteiger partial charge is 0.318 e. The van der Waals surface area contributed by atoms with E-state index >= 15 is 0 Å². The number of phenolic OH excluding ortho intramolecular Hbond substituents is 1. The molecule has 3 rings (SSSR count). The molecule has 0 radical (unpaired) electrons. The van der Waals surface area contributed by atoms with Crippen molar-refractivity contribution in [2.24, 2.45) is 0 Å². The van der Waals surface area contributed by atoms with Crippen molar-refractivity contribution >= 4 is 17.5 Å². The van der Waals surface area contributed by atoms with Gasteiger partial charge in [0.15, 0.2) is 5.78 Å². The number of piperazine rings is 1. The summed E-state index contributed by atoms with van der Waals surface area (Å²) in [5.41, 5.74) is 2.72. The highest BCUT2D eigenvalue weighted by molar-refractivity contribution is 5.89. The van der Waals surface area contributed by atoms with E-state index in [0.29, 0.717) is 26.2 Å². The number of aliphatic hydroxyl groups excluding tert-OH is 2. The quantitative estimate of drug-likeness (QED) is 0.518. The van der Waals surface area contributed by atoms with Crippen molar-refractivity contribution in [2.45, 2.75) is 19.1 Å². The number of carbonyl (C=O) groups is 2. The van der Waals surface area contributed by atoms with E-state index in [1.807, 2.05) is 24.3 Å². The van der Waals surface area contributed by atoms with Crippen LogP contribution in [0.5, 0.6) is 5.75 Å². The van der Waals surface area contributed by atoms with Crippen molar-refractivity contribution in [2.75, 3.05) is 37.7 Å². The topological polar surface area (TPSA) is 113 Å². The van der Waals surface area contributed by atoms with Gasteiger partial charge in [-0.15, -0.1) is 0 Å². The molecule has 2 aromatic carbocycles. The molecule has 0 aliphatic carbocycles. The molecule has 4 N–H and O–H groups in total. The number of aliphatic hydroxyl groups is 2. The van der Waals surface area contributed by atoms with E-state index in [2.05, 4.69) is 22.1 Å². The summed E-state index contributed by atoms with van der Waals surface area (Å²) in [5, 5.41) is 30.5. The Morgan fingerprint density at radius 1 is 0.969 bits per heavy atom. The standard InChI is InChI=1S/C24H27N3O5/c1-17(29)23(22(31)16-28)25-24(32)27-14-12-26(13-15-27)20-8-4-18(5-9-20)2-3-19-6-10-21(30)11-7-19/h4-11,17,23,28-30H,12-16H2,1H3,(H,25,32)/t17-,23+/m1/s1. The minimum Gasteiger partial charge on any atom is -0.508 e. The SMILES string of the molecule is C[C@@H](O)[C@H](NC(=O)N1CCN(c2ccc(C#Cc3ccc(O)cc3)cc2)CC1)C(=O)CO. The van der Waals surface area contributed by atoms with Crippen molar-refractivity contribution in [3.8, 4) is 17.6 Å². The van der Waals surface area contributed by atoms with Crippen molar-refractivity contribution in [1.82, 2.24) is 10.2 Å². The van der Waals surface area contributed by atoms with E-state index in [4.69, 9.17) is 5.11 Å². The van der Waals surface area contributed by atoms with Gasteiger partial charge in [0.05, 0.1) is 6.10 Å². The Labute approximate surface area is 187 Å². The van der Waals surface area contributed by atoms with Crippen molar-refractivity contribution in [3.05, 3.63) is 59.7 Å². The highest BCUT2D eigenvalue weighted by Gasteiger charge is 2.28. The van der Waals surface area contributed by atoms with Crippen LogP contribution in [-0.2, 0) is 4.79 Å². The molecule has 8 heteroatoms. The van der Waals surface area contributed by atoms with E-state index < -0.39 is 30.6 Å². The molecule has 0 aromatic heterocycles. The first-order valence-electron chi connectivity index (χ1n) is 10.4. The average molecular weight is 437 g/mol. The number of hydrogen-bond donors (Lipinski definition) is 4. The normalized spacial score (nSPS) is 15.3. The molecule has 2 amide bonds. The van der Waals surface area contributed by atoms with E-state index in [1.165, 1.54) is 6.92 Å². The van der Waals surface area contributed by atoms with Crippen LogP contribution in [-0.4, -0.2) is 77.0 Å². The maximum absolute atomic E-state index is 12.5. The summed E-state index contributed by atoms with van der Waals surface area (Å²) in [6, 6.07) is 13.0. The second-order valence-corrected chi connectivity index (χ2v) is 7.61. The zero-order valence-corrected chi connectivity index (χ0v) is 17.9. The second-order valence-electron chi connectivity index (χ2n) is 7.61. The molecule has 0 saturated carbocycles. The van der Waals surface area contributed by atoms with Crippen LogP contribution >= 0.6 is 0 Å². The number of rotatable bonds is 5. The van der Waals surface area contributed by atoms with Crippen LogP contribution in [0.15, 0.2) is 48.5 Å². The number of phenols is 1. The fraction of sp³-hybridized carbons (Fsp3) is 0.333. The number of carbonyl (C=O) groups excluding carboxylic acids is 2. The monoisotopic (exact) mass is 437 g/mol. The largest absolute Gasteiger partial charge is 0.508 e. The van der Waals surface area contributed by atoms with Crippen LogP contribution in [0.4, 0.5) is 10.5 Å². The number of amides is 2. The highest BCUT2D eigenvalue weighted by atomic mass is 16.3. The molecule has 1 fully saturated rings. The van der Waals surface area contributed by atoms with Gasteiger partial charge in [-0.3, -0.25) is 4.79 Å². The lowest BCUT2D eigenvalue weighted by Gasteiger charge is -2.36. The van der Waals surface area contributed by atoms with Gasteiger partial charge in [-0.05, 0) is 55.5 Å². The molecule has 1 saturated heterocycles. The maximum Gasteiger partial charge on any atom is 0.318 e. The van der Waals surface area contributed by atoms with Crippen LogP contribution in [0.2, 0.25) is 0 Å². The van der Waals surface area contributed by atoms with Gasteiger partial charge in [0.2, 0.25) is 0 Å². The van der Waals surface area contributed by atoms with E-state index in [9.17, 15) is 19.8 Å². The summed E-state index contributed by atoms with van der Waals surface area (Å²) in [5.74, 6) is 5.74. The van der Waals surface area contributed by atoms with Gasteiger partial charge >= 0.3 is 6.03 Å². The van der Waals surface area contributed by atoms with Crippen LogP contribution in [0.3, 0.4) is 0 Å². The molecule has 1 aliphatic rings. The fourth-order valence-corrected chi connectivity index (χ4v) is 3.41. The lowest BCUT2D eigenvalue weighted by atomic mass is 10.1. The van der Waals surface area contributed by atoms with Gasteiger partial charge in [0, 0.05) is 43.0 Å². The average Bonchev–Trinajstić information content (AvgIpc) is 2.82. The molecule has 0 bridgehead atoms. The van der Waals surface area contributed by atoms with Crippen molar-refractivity contribution in [1.29, 1.82) is 0 Å². The Morgan fingerprint density at radius 2 is 1.50 bits per heavy atom. The van der Waals surface area contributed by atoms with E-state index in [-0.39, 0.29) is 5.75 Å². The van der Waals surface area contributed by atoms with Crippen LogP contribution in [0.1, 0.15) is 18.1 Å². The molecule has 8 nitrogen and oxygen atoms in total. The zero-order chi connectivity index (χ0) is 23.1. The van der Waals surface area contributed by atoms with Gasteiger partial charge in [-0.2, -0.15) is 0 Å². The Hall–Kier alpha value is -3.54. The second kappa shape index (κ2) is 10.7. The van der Waals surface area contributed by atoms with Crippen molar-refractivity contribution < 1.29 is 24.9 Å². The Kier molecular flexibility index (Phi) is 7.71. The van der Waals surface area contributed by atoms with Crippen LogP contribution in [0.25, 0.3) is 0 Å². The summed E-state index contributed by atoms with van der Waals surface area (Å²) < 4.78 is 0. The Balaban J connectivity index is 1.54. The number of urea groups is 1. The molecule has 2 atom stereocenters. The van der Waals surface area contributed by atoms with Crippen molar-refractivity contribution in [3.63, 3.8) is 0 Å². The number of aromatic hydroxyl groups is 1. The Bertz CT molecular complexity index is 985. The molecule has 0 spiro atoms. The van der Waals surface area contributed by atoms with E-state index in [1.54, 1.807) is 29.2 Å². The molecule has 0 unspecified atom stereocenters. The molecule has 1 heterocycles. The number of ketones is 1. The number of benzene rings is 2. The predicted octanol–water partition coefficient (Wildman–Crippen LogP) is 0.934. The lowest BCUT2D eigenvalue weighted by Crippen LogP contribution is -2.57. The van der Waals surface area contributed by atoms with Gasteiger partial charge in [0.1, 0.15) is 18.4 Å². The van der Waals surface area contributed by atoms with Crippen LogP contribution in [0, 0.1) is 11.8 Å². The first-order valence-corrected chi connectivity index (χ1v) is 10.4.